The van der Waals surface area contributed by atoms with Crippen molar-refractivity contribution >= 4 is 11.7 Å². The number of methoxy groups -OCH3 is 3. The van der Waals surface area contributed by atoms with Crippen molar-refractivity contribution in [2.24, 2.45) is 5.92 Å². The molecule has 0 unspecified atom stereocenters. The van der Waals surface area contributed by atoms with Crippen LogP contribution in [0.3, 0.4) is 0 Å². The van der Waals surface area contributed by atoms with E-state index in [1.165, 1.54) is 0 Å². The van der Waals surface area contributed by atoms with Gasteiger partial charge in [-0.2, -0.15) is 0 Å². The molecule has 154 valence electrons. The van der Waals surface area contributed by atoms with Crippen molar-refractivity contribution in [2.75, 3.05) is 34.4 Å². The first-order chi connectivity index (χ1) is 14.1. The summed E-state index contributed by atoms with van der Waals surface area (Å²) < 4.78 is 16.0. The maximum atomic E-state index is 12.8. The molecule has 3 rings (SSSR count). The average molecular weight is 398 g/mol. The normalized spacial score (nSPS) is 14.4. The number of rotatable bonds is 7. The van der Waals surface area contributed by atoms with Gasteiger partial charge in [-0.3, -0.25) is 14.6 Å². The zero-order valence-electron chi connectivity index (χ0n) is 17.0. The second-order valence-electron chi connectivity index (χ2n) is 6.97. The fourth-order valence-corrected chi connectivity index (χ4v) is 3.66. The van der Waals surface area contributed by atoms with Gasteiger partial charge in [-0.15, -0.1) is 0 Å². The van der Waals surface area contributed by atoms with E-state index in [2.05, 4.69) is 4.98 Å². The largest absolute Gasteiger partial charge is 0.493 e. The third-order valence-corrected chi connectivity index (χ3v) is 5.24. The van der Waals surface area contributed by atoms with E-state index in [9.17, 15) is 9.59 Å². The summed E-state index contributed by atoms with van der Waals surface area (Å²) in [6.45, 7) is 1.14. The van der Waals surface area contributed by atoms with Crippen LogP contribution in [-0.2, 0) is 11.2 Å². The molecular formula is C22H26N2O5. The molecule has 2 heterocycles. The van der Waals surface area contributed by atoms with Crippen molar-refractivity contribution < 1.29 is 23.8 Å². The molecule has 0 bridgehead atoms. The maximum Gasteiger partial charge on any atom is 0.226 e. The minimum absolute atomic E-state index is 0.0200. The molecular weight excluding hydrogens is 372 g/mol. The van der Waals surface area contributed by atoms with Crippen molar-refractivity contribution in [1.82, 2.24) is 9.88 Å². The van der Waals surface area contributed by atoms with Crippen molar-refractivity contribution in [3.05, 3.63) is 47.8 Å². The van der Waals surface area contributed by atoms with Gasteiger partial charge in [0, 0.05) is 37.0 Å². The molecule has 7 heteroatoms. The highest BCUT2D eigenvalue weighted by molar-refractivity contribution is 5.97. The first-order valence-electron chi connectivity index (χ1n) is 9.58. The highest BCUT2D eigenvalue weighted by Gasteiger charge is 2.28. The van der Waals surface area contributed by atoms with Crippen molar-refractivity contribution in [1.29, 1.82) is 0 Å². The Morgan fingerprint density at radius 2 is 1.72 bits per heavy atom. The second-order valence-corrected chi connectivity index (χ2v) is 6.97. The Kier molecular flexibility index (Phi) is 6.69. The molecule has 1 fully saturated rings. The molecule has 1 amide bonds. The molecule has 2 aromatic rings. The predicted octanol–water partition coefficient (Wildman–Crippen LogP) is 2.77. The van der Waals surface area contributed by atoms with Crippen LogP contribution in [0.25, 0.3) is 0 Å². The van der Waals surface area contributed by atoms with Gasteiger partial charge in [0.05, 0.1) is 27.8 Å². The number of likely N-dealkylation sites (tertiary alicyclic amines) is 1. The van der Waals surface area contributed by atoms with Crippen LogP contribution >= 0.6 is 0 Å². The summed E-state index contributed by atoms with van der Waals surface area (Å²) in [6.07, 6.45) is 4.81. The molecule has 1 aliphatic heterocycles. The highest BCUT2D eigenvalue weighted by atomic mass is 16.5. The lowest BCUT2D eigenvalue weighted by Crippen LogP contribution is -2.41. The van der Waals surface area contributed by atoms with Crippen LogP contribution in [0, 0.1) is 5.92 Å². The van der Waals surface area contributed by atoms with Gasteiger partial charge in [0.2, 0.25) is 11.7 Å². The van der Waals surface area contributed by atoms with Gasteiger partial charge >= 0.3 is 0 Å². The van der Waals surface area contributed by atoms with Crippen molar-refractivity contribution in [2.45, 2.75) is 19.3 Å². The number of carbonyl (C=O) groups is 2. The van der Waals surface area contributed by atoms with Crippen LogP contribution < -0.4 is 14.2 Å². The standard InChI is InChI=1S/C22H26N2O5/c1-27-18-11-15(12-19(28-2)22(18)29-3)13-20(25)24-9-6-16(7-10-24)21(26)17-5-4-8-23-14-17/h4-5,8,11-12,14,16H,6-7,9-10,13H2,1-3H3. The number of amides is 1. The second kappa shape index (κ2) is 9.41. The monoisotopic (exact) mass is 398 g/mol. The van der Waals surface area contributed by atoms with E-state index in [-0.39, 0.29) is 24.0 Å². The fourth-order valence-electron chi connectivity index (χ4n) is 3.66. The minimum atomic E-state index is -0.0653. The first-order valence-corrected chi connectivity index (χ1v) is 9.58. The Bertz CT molecular complexity index is 836. The van der Waals surface area contributed by atoms with E-state index in [0.717, 1.165) is 5.56 Å². The van der Waals surface area contributed by atoms with Crippen LogP contribution in [0.1, 0.15) is 28.8 Å². The number of hydrogen-bond donors (Lipinski definition) is 0. The molecule has 7 nitrogen and oxygen atoms in total. The van der Waals surface area contributed by atoms with Crippen molar-refractivity contribution in [3.8, 4) is 17.2 Å². The number of aromatic nitrogens is 1. The Labute approximate surface area is 170 Å². The topological polar surface area (TPSA) is 78.0 Å². The average Bonchev–Trinajstić information content (AvgIpc) is 2.78. The quantitative estimate of drug-likeness (QED) is 0.668. The third kappa shape index (κ3) is 4.67. The molecule has 29 heavy (non-hydrogen) atoms. The lowest BCUT2D eigenvalue weighted by atomic mass is 9.89. The number of benzene rings is 1. The molecule has 1 aromatic heterocycles. The summed E-state index contributed by atoms with van der Waals surface area (Å²) >= 11 is 0. The molecule has 0 saturated carbocycles. The molecule has 1 saturated heterocycles. The van der Waals surface area contributed by atoms with Gasteiger partial charge in [0.1, 0.15) is 0 Å². The van der Waals surface area contributed by atoms with Crippen LogP contribution in [0.4, 0.5) is 0 Å². The molecule has 0 radical (unpaired) electrons. The summed E-state index contributed by atoms with van der Waals surface area (Å²) in [5.41, 5.74) is 1.42. The van der Waals surface area contributed by atoms with Gasteiger partial charge in [-0.1, -0.05) is 0 Å². The Morgan fingerprint density at radius 3 is 2.24 bits per heavy atom. The number of ether oxygens (including phenoxy) is 3. The van der Waals surface area contributed by atoms with Crippen LogP contribution in [-0.4, -0.2) is 56.0 Å². The summed E-state index contributed by atoms with van der Waals surface area (Å²) in [5.74, 6) is 1.61. The number of Topliss-reactive ketones (excluding diaryl/α,β-unsaturated/α-hetero) is 1. The minimum Gasteiger partial charge on any atom is -0.493 e. The van der Waals surface area contributed by atoms with E-state index >= 15 is 0 Å². The number of pyridine rings is 1. The highest BCUT2D eigenvalue weighted by Crippen LogP contribution is 2.38. The zero-order valence-corrected chi connectivity index (χ0v) is 17.0. The lowest BCUT2D eigenvalue weighted by Gasteiger charge is -2.31. The van der Waals surface area contributed by atoms with Gasteiger partial charge in [0.25, 0.3) is 0 Å². The van der Waals surface area contributed by atoms with Gasteiger partial charge in [0.15, 0.2) is 17.3 Å². The smallest absolute Gasteiger partial charge is 0.226 e. The van der Waals surface area contributed by atoms with E-state index in [1.807, 2.05) is 4.90 Å². The third-order valence-electron chi connectivity index (χ3n) is 5.24. The van der Waals surface area contributed by atoms with E-state index in [1.54, 1.807) is 58.0 Å². The van der Waals surface area contributed by atoms with Gasteiger partial charge in [-0.25, -0.2) is 0 Å². The summed E-state index contributed by atoms with van der Waals surface area (Å²) in [7, 11) is 4.64. The zero-order chi connectivity index (χ0) is 20.8. The molecule has 0 atom stereocenters. The van der Waals surface area contributed by atoms with E-state index in [0.29, 0.717) is 48.7 Å². The predicted molar refractivity (Wildman–Crippen MR) is 108 cm³/mol. The molecule has 1 aliphatic rings. The molecule has 0 spiro atoms. The summed E-state index contributed by atoms with van der Waals surface area (Å²) in [6, 6.07) is 7.14. The van der Waals surface area contributed by atoms with Gasteiger partial charge in [-0.05, 0) is 42.7 Å². The maximum absolute atomic E-state index is 12.8. The molecule has 0 N–H and O–H groups in total. The lowest BCUT2D eigenvalue weighted by molar-refractivity contribution is -0.131. The van der Waals surface area contributed by atoms with Crippen LogP contribution in [0.2, 0.25) is 0 Å². The first kappa shape index (κ1) is 20.6. The van der Waals surface area contributed by atoms with Crippen LogP contribution in [0.15, 0.2) is 36.7 Å². The Hall–Kier alpha value is -3.09. The summed E-state index contributed by atoms with van der Waals surface area (Å²) in [4.78, 5) is 31.2. The fraction of sp³-hybridized carbons (Fsp3) is 0.409. The number of hydrogen-bond acceptors (Lipinski definition) is 6. The van der Waals surface area contributed by atoms with Crippen molar-refractivity contribution in [3.63, 3.8) is 0 Å². The number of ketones is 1. The number of piperidine rings is 1. The Balaban J connectivity index is 1.62. The van der Waals surface area contributed by atoms with E-state index in [4.69, 9.17) is 14.2 Å². The van der Waals surface area contributed by atoms with E-state index < -0.39 is 0 Å². The number of nitrogens with zero attached hydrogens (tertiary/aromatic N) is 2. The SMILES string of the molecule is COc1cc(CC(=O)N2CCC(C(=O)c3cccnc3)CC2)cc(OC)c1OC. The summed E-state index contributed by atoms with van der Waals surface area (Å²) in [5, 5.41) is 0. The Morgan fingerprint density at radius 1 is 1.07 bits per heavy atom. The molecule has 0 aliphatic carbocycles. The molecule has 1 aromatic carbocycles. The van der Waals surface area contributed by atoms with Crippen LogP contribution in [0.5, 0.6) is 17.2 Å². The number of carbonyl (C=O) groups excluding carboxylic acids is 2. The van der Waals surface area contributed by atoms with Gasteiger partial charge < -0.3 is 19.1 Å².